The van der Waals surface area contributed by atoms with Crippen LogP contribution in [-0.4, -0.2) is 43.2 Å². The molecule has 12 heavy (non-hydrogen) atoms. The van der Waals surface area contributed by atoms with Crippen molar-refractivity contribution in [3.05, 3.63) is 0 Å². The third-order valence-electron chi connectivity index (χ3n) is 1.98. The first-order chi connectivity index (χ1) is 5.64. The molecule has 0 aromatic rings. The summed E-state index contributed by atoms with van der Waals surface area (Å²) < 4.78 is 15.8. The topological polar surface area (TPSA) is 39.7 Å². The predicted octanol–water partition coefficient (Wildman–Crippen LogP) is 0.472. The first-order valence-corrected chi connectivity index (χ1v) is 5.90. The van der Waals surface area contributed by atoms with Crippen LogP contribution in [0.2, 0.25) is 6.04 Å². The molecule has 0 radical (unpaired) electrons. The zero-order valence-electron chi connectivity index (χ0n) is 8.51. The van der Waals surface area contributed by atoms with E-state index >= 15 is 0 Å². The standard InChI is InChI=1S/C7H19NO3Si/c1-7(8-2)6-12(9-3,10-4)11-5/h7-8H,6H2,1-5H3. The van der Waals surface area contributed by atoms with Crippen molar-refractivity contribution in [3.8, 4) is 0 Å². The molecule has 0 aliphatic carbocycles. The number of rotatable bonds is 6. The molecule has 0 rings (SSSR count). The van der Waals surface area contributed by atoms with Gasteiger partial charge in [-0.3, -0.25) is 0 Å². The van der Waals surface area contributed by atoms with E-state index < -0.39 is 8.80 Å². The minimum absolute atomic E-state index is 0.344. The molecule has 0 aromatic heterocycles. The molecule has 0 aliphatic heterocycles. The predicted molar refractivity (Wildman–Crippen MR) is 50.1 cm³/mol. The molecular formula is C7H19NO3Si. The second-order valence-corrected chi connectivity index (χ2v) is 5.69. The van der Waals surface area contributed by atoms with Crippen molar-refractivity contribution in [2.75, 3.05) is 28.4 Å². The summed E-state index contributed by atoms with van der Waals surface area (Å²) in [4.78, 5) is 0. The van der Waals surface area contributed by atoms with Gasteiger partial charge in [0, 0.05) is 33.4 Å². The highest BCUT2D eigenvalue weighted by Crippen LogP contribution is 2.14. The summed E-state index contributed by atoms with van der Waals surface area (Å²) in [7, 11) is 4.42. The molecule has 0 saturated carbocycles. The smallest absolute Gasteiger partial charge is 0.377 e. The van der Waals surface area contributed by atoms with Gasteiger partial charge in [0.05, 0.1) is 0 Å². The summed E-state index contributed by atoms with van der Waals surface area (Å²) in [5.74, 6) is 0. The van der Waals surface area contributed by atoms with Gasteiger partial charge in [-0.15, -0.1) is 0 Å². The van der Waals surface area contributed by atoms with Crippen LogP contribution in [-0.2, 0) is 13.3 Å². The number of nitrogens with one attached hydrogen (secondary N) is 1. The maximum Gasteiger partial charge on any atom is 0.501 e. The Morgan fingerprint density at radius 1 is 1.17 bits per heavy atom. The Morgan fingerprint density at radius 3 is 1.83 bits per heavy atom. The van der Waals surface area contributed by atoms with Gasteiger partial charge in [-0.2, -0.15) is 0 Å². The first-order valence-electron chi connectivity index (χ1n) is 3.96. The average molecular weight is 193 g/mol. The highest BCUT2D eigenvalue weighted by atomic mass is 28.4. The van der Waals surface area contributed by atoms with Gasteiger partial charge in [-0.25, -0.2) is 0 Å². The molecule has 0 aliphatic rings. The van der Waals surface area contributed by atoms with Crippen molar-refractivity contribution >= 4 is 8.80 Å². The molecule has 0 aromatic carbocycles. The van der Waals surface area contributed by atoms with Crippen molar-refractivity contribution in [1.29, 1.82) is 0 Å². The van der Waals surface area contributed by atoms with Gasteiger partial charge in [-0.1, -0.05) is 0 Å². The van der Waals surface area contributed by atoms with Gasteiger partial charge in [0.2, 0.25) is 0 Å². The lowest BCUT2D eigenvalue weighted by Crippen LogP contribution is -2.47. The number of hydrogen-bond acceptors (Lipinski definition) is 4. The van der Waals surface area contributed by atoms with E-state index in [9.17, 15) is 0 Å². The highest BCUT2D eigenvalue weighted by Gasteiger charge is 2.38. The van der Waals surface area contributed by atoms with Gasteiger partial charge < -0.3 is 18.6 Å². The molecule has 5 heteroatoms. The lowest BCUT2D eigenvalue weighted by Gasteiger charge is -2.26. The Morgan fingerprint density at radius 2 is 1.58 bits per heavy atom. The second kappa shape index (κ2) is 5.66. The largest absolute Gasteiger partial charge is 0.501 e. The molecule has 1 N–H and O–H groups in total. The normalized spacial score (nSPS) is 14.8. The molecule has 0 amide bonds. The van der Waals surface area contributed by atoms with E-state index in [4.69, 9.17) is 13.3 Å². The van der Waals surface area contributed by atoms with Crippen LogP contribution in [0.1, 0.15) is 6.92 Å². The SMILES string of the molecule is CNC(C)C[Si](OC)(OC)OC. The lowest BCUT2D eigenvalue weighted by molar-refractivity contribution is 0.121. The molecule has 0 saturated heterocycles. The van der Waals surface area contributed by atoms with Gasteiger partial charge in [-0.05, 0) is 14.0 Å². The van der Waals surface area contributed by atoms with Crippen LogP contribution in [0.3, 0.4) is 0 Å². The Labute approximate surface area is 75.6 Å². The molecule has 0 heterocycles. The van der Waals surface area contributed by atoms with E-state index in [2.05, 4.69) is 12.2 Å². The summed E-state index contributed by atoms with van der Waals surface area (Å²) in [6.45, 7) is 2.07. The van der Waals surface area contributed by atoms with Crippen molar-refractivity contribution in [3.63, 3.8) is 0 Å². The Balaban J connectivity index is 4.09. The Kier molecular flexibility index (Phi) is 5.69. The summed E-state index contributed by atoms with van der Waals surface area (Å²) in [6.07, 6.45) is 0. The minimum atomic E-state index is -2.36. The molecular weight excluding hydrogens is 174 g/mol. The van der Waals surface area contributed by atoms with Gasteiger partial charge in [0.1, 0.15) is 0 Å². The Bertz CT molecular complexity index is 111. The molecule has 74 valence electrons. The first kappa shape index (κ1) is 12.1. The fraction of sp³-hybridized carbons (Fsp3) is 1.00. The van der Waals surface area contributed by atoms with Crippen molar-refractivity contribution in [1.82, 2.24) is 5.32 Å². The van der Waals surface area contributed by atoms with Crippen LogP contribution in [0, 0.1) is 0 Å². The van der Waals surface area contributed by atoms with Gasteiger partial charge in [0.15, 0.2) is 0 Å². The summed E-state index contributed by atoms with van der Waals surface area (Å²) in [6, 6.07) is 1.13. The average Bonchev–Trinajstić information content (AvgIpc) is 2.14. The lowest BCUT2D eigenvalue weighted by atomic mass is 10.4. The fourth-order valence-electron chi connectivity index (χ4n) is 0.977. The zero-order chi connectivity index (χ0) is 9.61. The molecule has 0 spiro atoms. The van der Waals surface area contributed by atoms with E-state index in [1.54, 1.807) is 21.3 Å². The van der Waals surface area contributed by atoms with Crippen molar-refractivity contribution in [2.24, 2.45) is 0 Å². The minimum Gasteiger partial charge on any atom is -0.377 e. The number of hydrogen-bond donors (Lipinski definition) is 1. The molecule has 0 bridgehead atoms. The molecule has 4 nitrogen and oxygen atoms in total. The maximum absolute atomic E-state index is 5.26. The van der Waals surface area contributed by atoms with Crippen LogP contribution in [0.15, 0.2) is 0 Å². The van der Waals surface area contributed by atoms with Crippen LogP contribution in [0.4, 0.5) is 0 Å². The third kappa shape index (κ3) is 3.20. The van der Waals surface area contributed by atoms with E-state index in [1.165, 1.54) is 0 Å². The molecule has 1 atom stereocenters. The quantitative estimate of drug-likeness (QED) is 0.623. The highest BCUT2D eigenvalue weighted by molar-refractivity contribution is 6.60. The Hall–Kier alpha value is 0.0569. The third-order valence-corrected chi connectivity index (χ3v) is 4.96. The maximum atomic E-state index is 5.26. The molecule has 1 unspecified atom stereocenters. The van der Waals surface area contributed by atoms with Crippen LogP contribution in [0.5, 0.6) is 0 Å². The van der Waals surface area contributed by atoms with Crippen LogP contribution >= 0.6 is 0 Å². The summed E-state index contributed by atoms with van der Waals surface area (Å²) >= 11 is 0. The second-order valence-electron chi connectivity index (χ2n) is 2.69. The van der Waals surface area contributed by atoms with Crippen molar-refractivity contribution in [2.45, 2.75) is 19.0 Å². The van der Waals surface area contributed by atoms with E-state index in [-0.39, 0.29) is 0 Å². The zero-order valence-corrected chi connectivity index (χ0v) is 9.51. The van der Waals surface area contributed by atoms with E-state index in [0.29, 0.717) is 6.04 Å². The van der Waals surface area contributed by atoms with E-state index in [1.807, 2.05) is 7.05 Å². The van der Waals surface area contributed by atoms with Crippen molar-refractivity contribution < 1.29 is 13.3 Å². The fourth-order valence-corrected chi connectivity index (χ4v) is 2.93. The summed E-state index contributed by atoms with van der Waals surface area (Å²) in [5.41, 5.74) is 0. The summed E-state index contributed by atoms with van der Waals surface area (Å²) in [5, 5.41) is 3.12. The van der Waals surface area contributed by atoms with Crippen LogP contribution < -0.4 is 5.32 Å². The van der Waals surface area contributed by atoms with E-state index in [0.717, 1.165) is 6.04 Å². The van der Waals surface area contributed by atoms with Gasteiger partial charge >= 0.3 is 8.80 Å². The van der Waals surface area contributed by atoms with Gasteiger partial charge in [0.25, 0.3) is 0 Å². The van der Waals surface area contributed by atoms with Crippen LogP contribution in [0.25, 0.3) is 0 Å². The monoisotopic (exact) mass is 193 g/mol. The molecule has 0 fully saturated rings.